The third-order valence-corrected chi connectivity index (χ3v) is 3.62. The summed E-state index contributed by atoms with van der Waals surface area (Å²) >= 11 is 6.99. The average Bonchev–Trinajstić information content (AvgIpc) is 2.66. The molecule has 0 spiro atoms. The van der Waals surface area contributed by atoms with Gasteiger partial charge in [0, 0.05) is 33.6 Å². The summed E-state index contributed by atoms with van der Waals surface area (Å²) in [6.07, 6.45) is 2.05. The second-order valence-corrected chi connectivity index (χ2v) is 5.36. The fourth-order valence-corrected chi connectivity index (χ4v) is 2.25. The van der Waals surface area contributed by atoms with Crippen molar-refractivity contribution in [3.63, 3.8) is 0 Å². The first-order valence-corrected chi connectivity index (χ1v) is 6.54. The third-order valence-electron chi connectivity index (χ3n) is 2.44. The first-order valence-electron chi connectivity index (χ1n) is 4.96. The van der Waals surface area contributed by atoms with Crippen LogP contribution in [0.3, 0.4) is 0 Å². The fourth-order valence-electron chi connectivity index (χ4n) is 1.50. The van der Waals surface area contributed by atoms with Gasteiger partial charge in [-0.1, -0.05) is 15.9 Å². The minimum Gasteiger partial charge on any atom is -0.379 e. The Hall–Kier alpha value is -0.740. The number of aryl methyl sites for hydroxylation is 1. The van der Waals surface area contributed by atoms with Gasteiger partial charge in [-0.05, 0) is 46.3 Å². The van der Waals surface area contributed by atoms with Crippen molar-refractivity contribution in [3.05, 3.63) is 51.2 Å². The number of nitrogens with one attached hydrogen (secondary N) is 1. The topological polar surface area (TPSA) is 17.0 Å². The van der Waals surface area contributed by atoms with Crippen molar-refractivity contribution < 1.29 is 0 Å². The summed E-state index contributed by atoms with van der Waals surface area (Å²) in [5.74, 6) is 0. The number of hydrogen-bond donors (Lipinski definition) is 1. The third kappa shape index (κ3) is 2.68. The van der Waals surface area contributed by atoms with E-state index in [1.54, 1.807) is 0 Å². The van der Waals surface area contributed by atoms with E-state index in [4.69, 9.17) is 0 Å². The number of hydrogen-bond acceptors (Lipinski definition) is 1. The molecule has 84 valence electrons. The Kier molecular flexibility index (Phi) is 3.71. The zero-order chi connectivity index (χ0) is 11.5. The molecule has 0 aliphatic carbocycles. The molecule has 2 nitrogen and oxygen atoms in total. The number of benzene rings is 1. The van der Waals surface area contributed by atoms with E-state index in [2.05, 4.69) is 53.9 Å². The van der Waals surface area contributed by atoms with Crippen LogP contribution in [0.1, 0.15) is 5.69 Å². The smallest absolute Gasteiger partial charge is 0.0553 e. The lowest BCUT2D eigenvalue weighted by molar-refractivity contribution is 0.842. The lowest BCUT2D eigenvalue weighted by atomic mass is 10.3. The van der Waals surface area contributed by atoms with Crippen LogP contribution in [0, 0.1) is 0 Å². The average molecular weight is 344 g/mol. The molecule has 0 radical (unpaired) electrons. The van der Waals surface area contributed by atoms with Gasteiger partial charge in [0.1, 0.15) is 0 Å². The minimum absolute atomic E-state index is 0.818. The minimum atomic E-state index is 0.818. The van der Waals surface area contributed by atoms with Gasteiger partial charge >= 0.3 is 0 Å². The number of nitrogens with zero attached hydrogens (tertiary/aromatic N) is 1. The van der Waals surface area contributed by atoms with Gasteiger partial charge in [-0.15, -0.1) is 0 Å². The molecule has 0 unspecified atom stereocenters. The van der Waals surface area contributed by atoms with Gasteiger partial charge in [0.2, 0.25) is 0 Å². The van der Waals surface area contributed by atoms with E-state index >= 15 is 0 Å². The maximum Gasteiger partial charge on any atom is 0.0553 e. The molecule has 0 bridgehead atoms. The van der Waals surface area contributed by atoms with Crippen LogP contribution in [0.2, 0.25) is 0 Å². The molecular weight excluding hydrogens is 332 g/mol. The Morgan fingerprint density at radius 3 is 2.75 bits per heavy atom. The van der Waals surface area contributed by atoms with Gasteiger partial charge < -0.3 is 9.88 Å². The zero-order valence-electron chi connectivity index (χ0n) is 8.87. The Morgan fingerprint density at radius 1 is 1.25 bits per heavy atom. The Bertz CT molecular complexity index is 492. The van der Waals surface area contributed by atoms with Crippen LogP contribution in [0.5, 0.6) is 0 Å². The molecule has 0 aliphatic heterocycles. The Balaban J connectivity index is 2.10. The highest BCUT2D eigenvalue weighted by Gasteiger charge is 2.01. The first kappa shape index (κ1) is 11.7. The van der Waals surface area contributed by atoms with Gasteiger partial charge in [0.05, 0.1) is 6.54 Å². The molecular formula is C12H12Br2N2. The van der Waals surface area contributed by atoms with Crippen molar-refractivity contribution in [2.75, 3.05) is 5.32 Å². The highest BCUT2D eigenvalue weighted by atomic mass is 79.9. The summed E-state index contributed by atoms with van der Waals surface area (Å²) in [6.45, 7) is 0.818. The standard InChI is InChI=1S/C12H12Br2N2/c1-16-6-2-3-10(16)8-15-12-7-9(13)4-5-11(12)14/h2-7,15H,8H2,1H3. The first-order chi connectivity index (χ1) is 7.66. The maximum atomic E-state index is 3.52. The van der Waals surface area contributed by atoms with E-state index in [9.17, 15) is 0 Å². The van der Waals surface area contributed by atoms with Gasteiger partial charge in [-0.3, -0.25) is 0 Å². The largest absolute Gasteiger partial charge is 0.379 e. The lowest BCUT2D eigenvalue weighted by Gasteiger charge is -2.09. The van der Waals surface area contributed by atoms with Crippen molar-refractivity contribution in [1.29, 1.82) is 0 Å². The van der Waals surface area contributed by atoms with Gasteiger partial charge in [-0.25, -0.2) is 0 Å². The van der Waals surface area contributed by atoms with Crippen molar-refractivity contribution in [3.8, 4) is 0 Å². The Morgan fingerprint density at radius 2 is 2.06 bits per heavy atom. The summed E-state index contributed by atoms with van der Waals surface area (Å²) in [5, 5.41) is 3.40. The quantitative estimate of drug-likeness (QED) is 0.885. The fraction of sp³-hybridized carbons (Fsp3) is 0.167. The molecule has 16 heavy (non-hydrogen) atoms. The van der Waals surface area contributed by atoms with Crippen molar-refractivity contribution >= 4 is 37.5 Å². The van der Waals surface area contributed by atoms with Gasteiger partial charge in [-0.2, -0.15) is 0 Å². The SMILES string of the molecule is Cn1cccc1CNc1cc(Br)ccc1Br. The summed E-state index contributed by atoms with van der Waals surface area (Å²) in [5.41, 5.74) is 2.35. The highest BCUT2D eigenvalue weighted by molar-refractivity contribution is 9.11. The van der Waals surface area contributed by atoms with E-state index < -0.39 is 0 Å². The zero-order valence-corrected chi connectivity index (χ0v) is 12.0. The number of rotatable bonds is 3. The van der Waals surface area contributed by atoms with E-state index in [0.717, 1.165) is 21.2 Å². The number of halogens is 2. The molecule has 0 atom stereocenters. The van der Waals surface area contributed by atoms with Crippen LogP contribution in [0.25, 0.3) is 0 Å². The molecule has 0 saturated carbocycles. The van der Waals surface area contributed by atoms with E-state index in [0.29, 0.717) is 0 Å². The van der Waals surface area contributed by atoms with Crippen LogP contribution >= 0.6 is 31.9 Å². The molecule has 1 aromatic carbocycles. The van der Waals surface area contributed by atoms with Gasteiger partial charge in [0.15, 0.2) is 0 Å². The van der Waals surface area contributed by atoms with Crippen molar-refractivity contribution in [2.45, 2.75) is 6.54 Å². The molecule has 0 amide bonds. The van der Waals surface area contributed by atoms with Crippen molar-refractivity contribution in [2.24, 2.45) is 7.05 Å². The summed E-state index contributed by atoms with van der Waals surface area (Å²) < 4.78 is 4.26. The van der Waals surface area contributed by atoms with E-state index in [1.165, 1.54) is 5.69 Å². The lowest BCUT2D eigenvalue weighted by Crippen LogP contribution is -2.04. The predicted molar refractivity (Wildman–Crippen MR) is 74.6 cm³/mol. The molecule has 0 fully saturated rings. The molecule has 0 aliphatic rings. The van der Waals surface area contributed by atoms with Crippen LogP contribution in [0.4, 0.5) is 5.69 Å². The summed E-state index contributed by atoms with van der Waals surface area (Å²) in [4.78, 5) is 0. The maximum absolute atomic E-state index is 3.52. The number of anilines is 1. The van der Waals surface area contributed by atoms with Crippen molar-refractivity contribution in [1.82, 2.24) is 4.57 Å². The summed E-state index contributed by atoms with van der Waals surface area (Å²) in [7, 11) is 2.05. The molecule has 2 rings (SSSR count). The predicted octanol–water partition coefficient (Wildman–Crippen LogP) is 4.16. The molecule has 4 heteroatoms. The molecule has 1 heterocycles. The van der Waals surface area contributed by atoms with Gasteiger partial charge in [0.25, 0.3) is 0 Å². The monoisotopic (exact) mass is 342 g/mol. The van der Waals surface area contributed by atoms with E-state index in [-0.39, 0.29) is 0 Å². The summed E-state index contributed by atoms with van der Waals surface area (Å²) in [6, 6.07) is 10.3. The molecule has 0 saturated heterocycles. The van der Waals surface area contributed by atoms with Crippen LogP contribution < -0.4 is 5.32 Å². The molecule has 2 aromatic rings. The van der Waals surface area contributed by atoms with Crippen LogP contribution in [-0.2, 0) is 13.6 Å². The highest BCUT2D eigenvalue weighted by Crippen LogP contribution is 2.26. The second-order valence-electron chi connectivity index (χ2n) is 3.59. The second kappa shape index (κ2) is 5.06. The van der Waals surface area contributed by atoms with E-state index in [1.807, 2.05) is 31.4 Å². The van der Waals surface area contributed by atoms with Crippen LogP contribution in [0.15, 0.2) is 45.5 Å². The Labute approximate surface area is 112 Å². The molecule has 1 aromatic heterocycles. The normalized spacial score (nSPS) is 10.4. The number of aromatic nitrogens is 1. The molecule has 1 N–H and O–H groups in total. The van der Waals surface area contributed by atoms with Crippen LogP contribution in [-0.4, -0.2) is 4.57 Å².